The highest BCUT2D eigenvalue weighted by Crippen LogP contribution is 2.42. The minimum atomic E-state index is -1.86. The van der Waals surface area contributed by atoms with Crippen molar-refractivity contribution in [2.45, 2.75) is 68.3 Å². The molecule has 9 N–H and O–H groups in total. The average Bonchev–Trinajstić information content (AvgIpc) is 2.95. The number of aliphatic hydroxyl groups is 6. The van der Waals surface area contributed by atoms with E-state index < -0.39 is 102 Å². The standard InChI is InChI=1S/C27H30O15/c1-9-18(33)20(35)22(37)26(38-9)42-25-21(36)19(34)16(8-28)40-27(25)41-23-14(32)6-12(30)17-13(31)7-15(39-24(17)23)10-2-4-11(29)5-3-10/h2-7,9,16,18-22,25-30,32-37H,8H2,1H3/t9-,16+,18-,19+,20+,21-,22+,25+,26+,27-/m0/s1. The molecule has 3 heterocycles. The SMILES string of the molecule is C[C@@H]1O[C@H](O[C@H]2[C@H](Oc3c(O)cc(O)c4c(=O)cc(-c5ccc(O)cc5)oc34)O[C@H](CO)[C@@H](O)[C@@H]2O)[C@H](O)[C@H](O)[C@H]1O. The number of rotatable bonds is 6. The molecule has 0 radical (unpaired) electrons. The van der Waals surface area contributed by atoms with E-state index in [9.17, 15) is 50.8 Å². The van der Waals surface area contributed by atoms with E-state index in [-0.39, 0.29) is 11.5 Å². The first-order chi connectivity index (χ1) is 19.9. The molecule has 2 aliphatic rings. The molecule has 228 valence electrons. The molecule has 2 aliphatic heterocycles. The van der Waals surface area contributed by atoms with Crippen molar-refractivity contribution in [2.75, 3.05) is 6.61 Å². The zero-order valence-corrected chi connectivity index (χ0v) is 21.9. The zero-order valence-electron chi connectivity index (χ0n) is 21.9. The minimum absolute atomic E-state index is 0.0383. The fraction of sp³-hybridized carbons (Fsp3) is 0.444. The fourth-order valence-corrected chi connectivity index (χ4v) is 4.85. The molecule has 15 nitrogen and oxygen atoms in total. The molecule has 0 bridgehead atoms. The van der Waals surface area contributed by atoms with Gasteiger partial charge in [0.05, 0.1) is 12.7 Å². The summed E-state index contributed by atoms with van der Waals surface area (Å²) in [5, 5.41) is 92.0. The van der Waals surface area contributed by atoms with Crippen LogP contribution in [0, 0.1) is 0 Å². The van der Waals surface area contributed by atoms with E-state index in [1.165, 1.54) is 31.2 Å². The van der Waals surface area contributed by atoms with Crippen molar-refractivity contribution in [1.82, 2.24) is 0 Å². The first kappa shape index (κ1) is 30.0. The Hall–Kier alpha value is -3.51. The molecule has 0 unspecified atom stereocenters. The van der Waals surface area contributed by atoms with Gasteiger partial charge in [0, 0.05) is 17.7 Å². The highest BCUT2D eigenvalue weighted by Gasteiger charge is 2.51. The quantitative estimate of drug-likeness (QED) is 0.159. The van der Waals surface area contributed by atoms with Gasteiger partial charge in [-0.05, 0) is 31.2 Å². The van der Waals surface area contributed by atoms with Crippen molar-refractivity contribution in [1.29, 1.82) is 0 Å². The van der Waals surface area contributed by atoms with Crippen molar-refractivity contribution in [2.24, 2.45) is 0 Å². The van der Waals surface area contributed by atoms with Crippen molar-refractivity contribution >= 4 is 11.0 Å². The smallest absolute Gasteiger partial charge is 0.230 e. The van der Waals surface area contributed by atoms with Crippen LogP contribution in [0.4, 0.5) is 0 Å². The number of phenols is 3. The van der Waals surface area contributed by atoms with Crippen LogP contribution in [-0.2, 0) is 14.2 Å². The minimum Gasteiger partial charge on any atom is -0.508 e. The van der Waals surface area contributed by atoms with Crippen LogP contribution in [0.15, 0.2) is 45.6 Å². The Morgan fingerprint density at radius 1 is 0.810 bits per heavy atom. The second-order valence-electron chi connectivity index (χ2n) is 10.1. The molecule has 0 saturated carbocycles. The molecule has 15 heteroatoms. The molecule has 42 heavy (non-hydrogen) atoms. The third kappa shape index (κ3) is 5.37. The van der Waals surface area contributed by atoms with Crippen LogP contribution in [0.3, 0.4) is 0 Å². The van der Waals surface area contributed by atoms with Crippen LogP contribution in [0.1, 0.15) is 6.92 Å². The van der Waals surface area contributed by atoms with Crippen molar-refractivity contribution in [3.05, 3.63) is 46.6 Å². The molecule has 2 aromatic carbocycles. The normalized spacial score (nSPS) is 33.5. The summed E-state index contributed by atoms with van der Waals surface area (Å²) in [4.78, 5) is 13.0. The molecule has 0 aliphatic carbocycles. The molecule has 2 fully saturated rings. The van der Waals surface area contributed by atoms with Gasteiger partial charge >= 0.3 is 0 Å². The van der Waals surface area contributed by atoms with Gasteiger partial charge in [-0.15, -0.1) is 0 Å². The van der Waals surface area contributed by atoms with Crippen LogP contribution in [-0.4, -0.2) is 114 Å². The zero-order chi connectivity index (χ0) is 30.5. The third-order valence-electron chi connectivity index (χ3n) is 7.23. The number of aromatic hydroxyl groups is 3. The Morgan fingerprint density at radius 2 is 1.50 bits per heavy atom. The first-order valence-electron chi connectivity index (χ1n) is 12.9. The lowest BCUT2D eigenvalue weighted by Gasteiger charge is -2.45. The van der Waals surface area contributed by atoms with Crippen molar-refractivity contribution < 1.29 is 69.3 Å². The number of aliphatic hydroxyl groups excluding tert-OH is 6. The lowest BCUT2D eigenvalue weighted by atomic mass is 9.97. The predicted octanol–water partition coefficient (Wildman–Crippen LogP) is -1.39. The third-order valence-corrected chi connectivity index (χ3v) is 7.23. The fourth-order valence-electron chi connectivity index (χ4n) is 4.85. The van der Waals surface area contributed by atoms with Gasteiger partial charge in [-0.2, -0.15) is 0 Å². The van der Waals surface area contributed by atoms with E-state index in [1.807, 2.05) is 0 Å². The van der Waals surface area contributed by atoms with Crippen LogP contribution in [0.2, 0.25) is 0 Å². The average molecular weight is 595 g/mol. The van der Waals surface area contributed by atoms with E-state index in [4.69, 9.17) is 23.4 Å². The summed E-state index contributed by atoms with van der Waals surface area (Å²) in [5.41, 5.74) is -0.844. The monoisotopic (exact) mass is 594 g/mol. The van der Waals surface area contributed by atoms with E-state index in [2.05, 4.69) is 0 Å². The summed E-state index contributed by atoms with van der Waals surface area (Å²) in [5.74, 6) is -2.04. The van der Waals surface area contributed by atoms with E-state index in [0.717, 1.165) is 12.1 Å². The summed E-state index contributed by atoms with van der Waals surface area (Å²) in [7, 11) is 0. The van der Waals surface area contributed by atoms with Crippen LogP contribution >= 0.6 is 0 Å². The maximum Gasteiger partial charge on any atom is 0.230 e. The second-order valence-corrected chi connectivity index (χ2v) is 10.1. The van der Waals surface area contributed by atoms with Gasteiger partial charge in [-0.3, -0.25) is 4.79 Å². The van der Waals surface area contributed by atoms with Crippen LogP contribution < -0.4 is 10.2 Å². The van der Waals surface area contributed by atoms with Crippen LogP contribution in [0.25, 0.3) is 22.3 Å². The Morgan fingerprint density at radius 3 is 2.17 bits per heavy atom. The Kier molecular flexibility index (Phi) is 8.30. The highest BCUT2D eigenvalue weighted by molar-refractivity contribution is 5.91. The molecule has 10 atom stereocenters. The molecular formula is C27H30O15. The molecule has 0 amide bonds. The van der Waals surface area contributed by atoms with Crippen molar-refractivity contribution in [3.63, 3.8) is 0 Å². The number of hydrogen-bond donors (Lipinski definition) is 9. The maximum atomic E-state index is 13.0. The Balaban J connectivity index is 1.56. The summed E-state index contributed by atoms with van der Waals surface area (Å²) in [6.45, 7) is 0.598. The number of ether oxygens (including phenoxy) is 4. The number of fused-ring (bicyclic) bond motifs is 1. The topological polar surface area (TPSA) is 249 Å². The van der Waals surface area contributed by atoms with E-state index >= 15 is 0 Å². The molecular weight excluding hydrogens is 564 g/mol. The van der Waals surface area contributed by atoms with Gasteiger partial charge in [-0.1, -0.05) is 0 Å². The first-order valence-corrected chi connectivity index (χ1v) is 12.9. The van der Waals surface area contributed by atoms with Crippen LogP contribution in [0.5, 0.6) is 23.0 Å². The second kappa shape index (κ2) is 11.6. The lowest BCUT2D eigenvalue weighted by Crippen LogP contribution is -2.64. The summed E-state index contributed by atoms with van der Waals surface area (Å²) < 4.78 is 28.3. The van der Waals surface area contributed by atoms with E-state index in [0.29, 0.717) is 5.56 Å². The van der Waals surface area contributed by atoms with Gasteiger partial charge in [0.25, 0.3) is 0 Å². The molecule has 1 aromatic heterocycles. The predicted molar refractivity (Wildman–Crippen MR) is 139 cm³/mol. The maximum absolute atomic E-state index is 13.0. The number of benzene rings is 2. The summed E-state index contributed by atoms with van der Waals surface area (Å²) in [6, 6.07) is 7.45. The molecule has 3 aromatic rings. The van der Waals surface area contributed by atoms with Gasteiger partial charge < -0.3 is 69.3 Å². The van der Waals surface area contributed by atoms with Crippen molar-refractivity contribution in [3.8, 4) is 34.3 Å². The lowest BCUT2D eigenvalue weighted by molar-refractivity contribution is -0.354. The number of phenolic OH excluding ortho intramolecular Hbond substituents is 3. The van der Waals surface area contributed by atoms with E-state index in [1.54, 1.807) is 0 Å². The Labute approximate surface area is 236 Å². The molecule has 5 rings (SSSR count). The molecule has 0 spiro atoms. The van der Waals surface area contributed by atoms with Gasteiger partial charge in [0.15, 0.2) is 29.2 Å². The van der Waals surface area contributed by atoms with Gasteiger partial charge in [-0.25, -0.2) is 0 Å². The largest absolute Gasteiger partial charge is 0.508 e. The summed E-state index contributed by atoms with van der Waals surface area (Å²) >= 11 is 0. The van der Waals surface area contributed by atoms with Gasteiger partial charge in [0.2, 0.25) is 12.0 Å². The summed E-state index contributed by atoms with van der Waals surface area (Å²) in [6.07, 6.45) is -16.2. The molecule has 2 saturated heterocycles. The van der Waals surface area contributed by atoms with Gasteiger partial charge in [0.1, 0.15) is 59.3 Å². The highest BCUT2D eigenvalue weighted by atomic mass is 16.8. The Bertz CT molecular complexity index is 1470. The number of hydrogen-bond acceptors (Lipinski definition) is 15.